The summed E-state index contributed by atoms with van der Waals surface area (Å²) in [6.07, 6.45) is 0. The zero-order valence-corrected chi connectivity index (χ0v) is 13.6. The molecule has 0 bridgehead atoms. The van der Waals surface area contributed by atoms with Gasteiger partial charge < -0.3 is 10.2 Å². The zero-order chi connectivity index (χ0) is 16.5. The summed E-state index contributed by atoms with van der Waals surface area (Å²) >= 11 is 0. The lowest BCUT2D eigenvalue weighted by molar-refractivity contribution is -0.384. The average Bonchev–Trinajstić information content (AvgIpc) is 2.46. The minimum absolute atomic E-state index is 0.0730. The Bertz CT molecular complexity index is 675. The van der Waals surface area contributed by atoms with E-state index in [1.165, 1.54) is 26.2 Å². The smallest absolute Gasteiger partial charge is 0.293 e. The Balaban J connectivity index is 2.47. The maximum atomic E-state index is 12.1. The van der Waals surface area contributed by atoms with Crippen LogP contribution in [0.5, 0.6) is 0 Å². The van der Waals surface area contributed by atoms with Crippen LogP contribution >= 0.6 is 0 Å². The highest BCUT2D eigenvalue weighted by atomic mass is 32.2. The molecule has 1 N–H and O–H groups in total. The quantitative estimate of drug-likeness (QED) is 0.644. The van der Waals surface area contributed by atoms with Gasteiger partial charge in [0.2, 0.25) is 10.0 Å². The molecule has 22 heavy (non-hydrogen) atoms. The predicted molar refractivity (Wildman–Crippen MR) is 83.6 cm³/mol. The van der Waals surface area contributed by atoms with Crippen LogP contribution in [0.2, 0.25) is 0 Å². The fourth-order valence-corrected chi connectivity index (χ4v) is 3.36. The predicted octanol–water partition coefficient (Wildman–Crippen LogP) is 0.643. The van der Waals surface area contributed by atoms with Crippen LogP contribution in [-0.2, 0) is 10.0 Å². The molecule has 1 atom stereocenters. The van der Waals surface area contributed by atoms with E-state index in [4.69, 9.17) is 0 Å². The summed E-state index contributed by atoms with van der Waals surface area (Å²) in [5.74, 6) is 0. The van der Waals surface area contributed by atoms with Gasteiger partial charge in [0.1, 0.15) is 5.69 Å². The fourth-order valence-electron chi connectivity index (χ4n) is 2.44. The van der Waals surface area contributed by atoms with Crippen LogP contribution in [0.15, 0.2) is 23.1 Å². The maximum Gasteiger partial charge on any atom is 0.293 e. The molecular weight excluding hydrogens is 308 g/mol. The minimum atomic E-state index is -3.69. The van der Waals surface area contributed by atoms with Crippen LogP contribution in [0.25, 0.3) is 0 Å². The van der Waals surface area contributed by atoms with Gasteiger partial charge in [0, 0.05) is 45.8 Å². The van der Waals surface area contributed by atoms with Crippen LogP contribution in [0, 0.1) is 10.1 Å². The van der Waals surface area contributed by atoms with Crippen molar-refractivity contribution >= 4 is 21.4 Å². The van der Waals surface area contributed by atoms with E-state index >= 15 is 0 Å². The SMILES string of the molecule is CC1CN(c2ccc(S(=O)(=O)N(C)C)cc2[N+](=O)[O-])CCN1. The van der Waals surface area contributed by atoms with Gasteiger partial charge in [-0.05, 0) is 19.1 Å². The van der Waals surface area contributed by atoms with Gasteiger partial charge in [-0.1, -0.05) is 0 Å². The van der Waals surface area contributed by atoms with E-state index < -0.39 is 14.9 Å². The highest BCUT2D eigenvalue weighted by molar-refractivity contribution is 7.89. The number of sulfonamides is 1. The Labute approximate surface area is 129 Å². The lowest BCUT2D eigenvalue weighted by atomic mass is 10.2. The van der Waals surface area contributed by atoms with Crippen LogP contribution in [-0.4, -0.2) is 57.4 Å². The van der Waals surface area contributed by atoms with Gasteiger partial charge in [0.15, 0.2) is 0 Å². The van der Waals surface area contributed by atoms with Gasteiger partial charge in [-0.15, -0.1) is 0 Å². The Morgan fingerprint density at radius 3 is 2.64 bits per heavy atom. The highest BCUT2D eigenvalue weighted by Gasteiger charge is 2.27. The van der Waals surface area contributed by atoms with Crippen molar-refractivity contribution in [1.82, 2.24) is 9.62 Å². The molecule has 0 aliphatic carbocycles. The van der Waals surface area contributed by atoms with Gasteiger partial charge in [-0.3, -0.25) is 10.1 Å². The summed E-state index contributed by atoms with van der Waals surface area (Å²) < 4.78 is 25.3. The van der Waals surface area contributed by atoms with Gasteiger partial charge in [0.25, 0.3) is 5.69 Å². The molecule has 9 heteroatoms. The number of nitro groups is 1. The van der Waals surface area contributed by atoms with Crippen molar-refractivity contribution in [3.63, 3.8) is 0 Å². The topological polar surface area (TPSA) is 95.8 Å². The molecule has 1 saturated heterocycles. The van der Waals surface area contributed by atoms with E-state index in [1.54, 1.807) is 0 Å². The lowest BCUT2D eigenvalue weighted by Crippen LogP contribution is -2.49. The van der Waals surface area contributed by atoms with Crippen LogP contribution in [0.1, 0.15) is 6.92 Å². The molecule has 1 unspecified atom stereocenters. The molecule has 1 aromatic rings. The second-order valence-electron chi connectivity index (χ2n) is 5.50. The van der Waals surface area contributed by atoms with Crippen molar-refractivity contribution < 1.29 is 13.3 Å². The van der Waals surface area contributed by atoms with E-state index in [2.05, 4.69) is 5.32 Å². The Morgan fingerprint density at radius 1 is 1.41 bits per heavy atom. The third kappa shape index (κ3) is 3.21. The number of nitrogens with one attached hydrogen (secondary N) is 1. The highest BCUT2D eigenvalue weighted by Crippen LogP contribution is 2.32. The lowest BCUT2D eigenvalue weighted by Gasteiger charge is -2.33. The third-order valence-electron chi connectivity index (χ3n) is 3.63. The maximum absolute atomic E-state index is 12.1. The fraction of sp³-hybridized carbons (Fsp3) is 0.538. The molecule has 1 aliphatic heterocycles. The Morgan fingerprint density at radius 2 is 2.09 bits per heavy atom. The second-order valence-corrected chi connectivity index (χ2v) is 7.65. The molecule has 0 saturated carbocycles. The first-order chi connectivity index (χ1) is 10.2. The number of benzene rings is 1. The molecule has 1 fully saturated rings. The van der Waals surface area contributed by atoms with E-state index in [9.17, 15) is 18.5 Å². The van der Waals surface area contributed by atoms with E-state index in [-0.39, 0.29) is 16.6 Å². The largest absolute Gasteiger partial charge is 0.363 e. The summed E-state index contributed by atoms with van der Waals surface area (Å²) in [4.78, 5) is 12.7. The van der Waals surface area contributed by atoms with Gasteiger partial charge in [-0.25, -0.2) is 12.7 Å². The summed E-state index contributed by atoms with van der Waals surface area (Å²) in [6, 6.07) is 4.30. The second kappa shape index (κ2) is 6.19. The molecule has 0 radical (unpaired) electrons. The van der Waals surface area contributed by atoms with E-state index in [0.29, 0.717) is 18.8 Å². The average molecular weight is 328 g/mol. The van der Waals surface area contributed by atoms with Crippen LogP contribution < -0.4 is 10.2 Å². The summed E-state index contributed by atoms with van der Waals surface area (Å²) in [5, 5.41) is 14.6. The first-order valence-corrected chi connectivity index (χ1v) is 8.37. The number of nitrogens with zero attached hydrogens (tertiary/aromatic N) is 3. The number of rotatable bonds is 4. The number of piperazine rings is 1. The molecule has 8 nitrogen and oxygen atoms in total. The first kappa shape index (κ1) is 16.7. The molecule has 0 amide bonds. The first-order valence-electron chi connectivity index (χ1n) is 6.93. The number of hydrogen-bond acceptors (Lipinski definition) is 6. The van der Waals surface area contributed by atoms with Gasteiger partial charge in [-0.2, -0.15) is 0 Å². The minimum Gasteiger partial charge on any atom is -0.363 e. The van der Waals surface area contributed by atoms with Gasteiger partial charge >= 0.3 is 0 Å². The van der Waals surface area contributed by atoms with Crippen molar-refractivity contribution in [2.45, 2.75) is 17.9 Å². The normalized spacial score (nSPS) is 19.5. The molecule has 2 rings (SSSR count). The van der Waals surface area contributed by atoms with E-state index in [0.717, 1.165) is 16.9 Å². The Hall–Kier alpha value is -1.71. The molecule has 0 aromatic heterocycles. The monoisotopic (exact) mass is 328 g/mol. The van der Waals surface area contributed by atoms with E-state index in [1.807, 2.05) is 11.8 Å². The summed E-state index contributed by atoms with van der Waals surface area (Å²) in [6.45, 7) is 4.02. The van der Waals surface area contributed by atoms with Crippen LogP contribution in [0.3, 0.4) is 0 Å². The molecular formula is C13H20N4O4S. The molecule has 0 spiro atoms. The van der Waals surface area contributed by atoms with Crippen molar-refractivity contribution in [1.29, 1.82) is 0 Å². The molecule has 1 aromatic carbocycles. The standard InChI is InChI=1S/C13H20N4O4S/c1-10-9-16(7-6-14-10)12-5-4-11(8-13(12)17(18)19)22(20,21)15(2)3/h4-5,8,10,14H,6-7,9H2,1-3H3. The molecule has 122 valence electrons. The summed E-state index contributed by atoms with van der Waals surface area (Å²) in [7, 11) is -0.901. The van der Waals surface area contributed by atoms with Gasteiger partial charge in [0.05, 0.1) is 9.82 Å². The van der Waals surface area contributed by atoms with Crippen molar-refractivity contribution in [3.05, 3.63) is 28.3 Å². The number of nitro benzene ring substituents is 1. The number of anilines is 1. The molecule has 1 heterocycles. The van der Waals surface area contributed by atoms with Crippen molar-refractivity contribution in [2.24, 2.45) is 0 Å². The number of hydrogen-bond donors (Lipinski definition) is 1. The molecule has 1 aliphatic rings. The third-order valence-corrected chi connectivity index (χ3v) is 5.44. The van der Waals surface area contributed by atoms with Crippen LogP contribution in [0.4, 0.5) is 11.4 Å². The summed E-state index contributed by atoms with van der Waals surface area (Å²) in [5.41, 5.74) is 0.271. The zero-order valence-electron chi connectivity index (χ0n) is 12.8. The Kier molecular flexibility index (Phi) is 4.69. The van der Waals surface area contributed by atoms with Crippen molar-refractivity contribution in [2.75, 3.05) is 38.6 Å². The van der Waals surface area contributed by atoms with Crippen molar-refractivity contribution in [3.8, 4) is 0 Å².